The highest BCUT2D eigenvalue weighted by Crippen LogP contribution is 2.32. The molecule has 23 heavy (non-hydrogen) atoms. The molecule has 0 spiro atoms. The van der Waals surface area contributed by atoms with Crippen molar-refractivity contribution in [1.29, 1.82) is 0 Å². The first-order valence-electron chi connectivity index (χ1n) is 8.23. The summed E-state index contributed by atoms with van der Waals surface area (Å²) in [6.45, 7) is 3.13. The molecule has 0 amide bonds. The van der Waals surface area contributed by atoms with Crippen LogP contribution in [0.15, 0.2) is 30.5 Å². The maximum atomic E-state index is 5.43. The van der Waals surface area contributed by atoms with Crippen molar-refractivity contribution in [2.45, 2.75) is 39.2 Å². The van der Waals surface area contributed by atoms with Crippen molar-refractivity contribution in [2.24, 2.45) is 0 Å². The zero-order valence-corrected chi connectivity index (χ0v) is 15.4. The molecule has 4 heteroatoms. The molecule has 0 atom stereocenters. The van der Waals surface area contributed by atoms with E-state index in [-0.39, 0.29) is 0 Å². The van der Waals surface area contributed by atoms with E-state index in [0.29, 0.717) is 0 Å². The van der Waals surface area contributed by atoms with Crippen LogP contribution in [0.25, 0.3) is 21.8 Å². The first-order valence-corrected chi connectivity index (χ1v) is 9.36. The van der Waals surface area contributed by atoms with Crippen molar-refractivity contribution in [3.8, 4) is 5.75 Å². The number of fused-ring (bicyclic) bond motifs is 3. The fourth-order valence-corrected chi connectivity index (χ4v) is 3.67. The van der Waals surface area contributed by atoms with Crippen LogP contribution < -0.4 is 4.74 Å². The Kier molecular flexibility index (Phi) is 5.21. The van der Waals surface area contributed by atoms with E-state index >= 15 is 0 Å². The van der Waals surface area contributed by atoms with Crippen LogP contribution in [0.3, 0.4) is 0 Å². The largest absolute Gasteiger partial charge is 0.497 e. The van der Waals surface area contributed by atoms with Gasteiger partial charge in [0.1, 0.15) is 5.75 Å². The molecular weight excluding hydrogens is 352 g/mol. The van der Waals surface area contributed by atoms with Crippen LogP contribution in [-0.2, 0) is 6.54 Å². The second-order valence-corrected chi connectivity index (χ2v) is 6.72. The van der Waals surface area contributed by atoms with Crippen molar-refractivity contribution in [2.75, 3.05) is 12.4 Å². The Labute approximate surface area is 145 Å². The normalized spacial score (nSPS) is 11.4. The molecule has 0 saturated carbocycles. The summed E-state index contributed by atoms with van der Waals surface area (Å²) >= 11 is 3.50. The van der Waals surface area contributed by atoms with Crippen LogP contribution in [0, 0.1) is 6.92 Å². The average molecular weight is 375 g/mol. The first-order chi connectivity index (χ1) is 11.3. The van der Waals surface area contributed by atoms with E-state index in [0.717, 1.165) is 23.3 Å². The maximum absolute atomic E-state index is 5.43. The molecule has 0 aliphatic carbocycles. The number of methoxy groups -OCH3 is 1. The molecule has 0 N–H and O–H groups in total. The summed E-state index contributed by atoms with van der Waals surface area (Å²) < 4.78 is 7.85. The van der Waals surface area contributed by atoms with Crippen molar-refractivity contribution >= 4 is 37.7 Å². The third kappa shape index (κ3) is 3.23. The number of unbranched alkanes of at least 4 members (excludes halogenated alkanes) is 3. The Hall–Kier alpha value is -1.55. The molecule has 122 valence electrons. The van der Waals surface area contributed by atoms with E-state index in [2.05, 4.69) is 50.6 Å². The van der Waals surface area contributed by atoms with Gasteiger partial charge in [-0.1, -0.05) is 28.8 Å². The summed E-state index contributed by atoms with van der Waals surface area (Å²) in [6, 6.07) is 8.47. The minimum atomic E-state index is 0.909. The number of hydrogen-bond donors (Lipinski definition) is 0. The second kappa shape index (κ2) is 7.35. The van der Waals surface area contributed by atoms with Gasteiger partial charge in [-0.3, -0.25) is 4.98 Å². The van der Waals surface area contributed by atoms with Gasteiger partial charge in [0.25, 0.3) is 0 Å². The summed E-state index contributed by atoms with van der Waals surface area (Å²) in [5.74, 6) is 0.909. The zero-order chi connectivity index (χ0) is 16.2. The number of nitrogens with zero attached hydrogens (tertiary/aromatic N) is 2. The molecule has 3 nitrogen and oxygen atoms in total. The van der Waals surface area contributed by atoms with Crippen LogP contribution in [-0.4, -0.2) is 22.0 Å². The second-order valence-electron chi connectivity index (χ2n) is 5.93. The Morgan fingerprint density at radius 3 is 2.70 bits per heavy atom. The summed E-state index contributed by atoms with van der Waals surface area (Å²) in [5.41, 5.74) is 3.60. The van der Waals surface area contributed by atoms with Gasteiger partial charge in [0, 0.05) is 34.9 Å². The number of alkyl halides is 1. The molecule has 3 aromatic rings. The van der Waals surface area contributed by atoms with Gasteiger partial charge < -0.3 is 9.30 Å². The van der Waals surface area contributed by atoms with Gasteiger partial charge >= 0.3 is 0 Å². The van der Waals surface area contributed by atoms with Crippen LogP contribution in [0.2, 0.25) is 0 Å². The lowest BCUT2D eigenvalue weighted by molar-refractivity contribution is 0.415. The Morgan fingerprint density at radius 1 is 1.09 bits per heavy atom. The van der Waals surface area contributed by atoms with Gasteiger partial charge in [0.2, 0.25) is 0 Å². The lowest BCUT2D eigenvalue weighted by Gasteiger charge is -2.09. The first kappa shape index (κ1) is 16.3. The molecule has 0 saturated heterocycles. The number of aryl methyl sites for hydroxylation is 2. The summed E-state index contributed by atoms with van der Waals surface area (Å²) in [7, 11) is 1.72. The summed E-state index contributed by atoms with van der Waals surface area (Å²) in [6.07, 6.45) is 6.89. The Bertz CT molecular complexity index is 810. The molecule has 0 bridgehead atoms. The molecule has 0 radical (unpaired) electrons. The van der Waals surface area contributed by atoms with E-state index in [1.54, 1.807) is 7.11 Å². The molecular formula is C19H23BrN2O. The lowest BCUT2D eigenvalue weighted by Crippen LogP contribution is -2.00. The maximum Gasteiger partial charge on any atom is 0.120 e. The number of benzene rings is 1. The van der Waals surface area contributed by atoms with Gasteiger partial charge in [0.15, 0.2) is 0 Å². The smallest absolute Gasteiger partial charge is 0.120 e. The number of ether oxygens (including phenoxy) is 1. The van der Waals surface area contributed by atoms with Gasteiger partial charge in [-0.25, -0.2) is 0 Å². The number of halogens is 1. The molecule has 0 aliphatic heterocycles. The topological polar surface area (TPSA) is 27.1 Å². The third-order valence-corrected chi connectivity index (χ3v) is 4.99. The minimum absolute atomic E-state index is 0.909. The Balaban J connectivity index is 2.03. The van der Waals surface area contributed by atoms with Gasteiger partial charge in [0.05, 0.1) is 23.8 Å². The fourth-order valence-electron chi connectivity index (χ4n) is 3.28. The predicted molar refractivity (Wildman–Crippen MR) is 101 cm³/mol. The zero-order valence-electron chi connectivity index (χ0n) is 13.8. The molecule has 1 aromatic carbocycles. The monoisotopic (exact) mass is 374 g/mol. The van der Waals surface area contributed by atoms with Crippen molar-refractivity contribution in [3.05, 3.63) is 36.2 Å². The standard InChI is InChI=1S/C19H23BrN2O/c1-14-19-17(9-11-21-14)16-8-7-15(23-2)13-18(16)22(19)12-6-4-3-5-10-20/h7-9,11,13H,3-6,10,12H2,1-2H3. The summed E-state index contributed by atoms with van der Waals surface area (Å²) in [5, 5.41) is 3.67. The number of rotatable bonds is 7. The van der Waals surface area contributed by atoms with Crippen LogP contribution in [0.4, 0.5) is 0 Å². The molecule has 2 aromatic heterocycles. The van der Waals surface area contributed by atoms with Gasteiger partial charge in [-0.15, -0.1) is 0 Å². The third-order valence-electron chi connectivity index (χ3n) is 4.43. The van der Waals surface area contributed by atoms with E-state index in [4.69, 9.17) is 4.74 Å². The van der Waals surface area contributed by atoms with Crippen molar-refractivity contribution in [3.63, 3.8) is 0 Å². The molecule has 2 heterocycles. The molecule has 0 unspecified atom stereocenters. The quantitative estimate of drug-likeness (QED) is 0.405. The number of hydrogen-bond acceptors (Lipinski definition) is 2. The van der Waals surface area contributed by atoms with Crippen molar-refractivity contribution < 1.29 is 4.74 Å². The summed E-state index contributed by atoms with van der Waals surface area (Å²) in [4.78, 5) is 4.51. The van der Waals surface area contributed by atoms with E-state index < -0.39 is 0 Å². The number of pyridine rings is 1. The SMILES string of the molecule is COc1ccc2c3ccnc(C)c3n(CCCCCCBr)c2c1. The van der Waals surface area contributed by atoms with Gasteiger partial charge in [-0.05, 0) is 38.0 Å². The highest BCUT2D eigenvalue weighted by Gasteiger charge is 2.13. The Morgan fingerprint density at radius 2 is 1.91 bits per heavy atom. The van der Waals surface area contributed by atoms with Crippen LogP contribution in [0.5, 0.6) is 5.75 Å². The highest BCUT2D eigenvalue weighted by atomic mass is 79.9. The molecule has 0 aliphatic rings. The predicted octanol–water partition coefficient (Wildman–Crippen LogP) is 5.46. The van der Waals surface area contributed by atoms with E-state index in [1.165, 1.54) is 47.5 Å². The number of aromatic nitrogens is 2. The molecule has 0 fully saturated rings. The highest BCUT2D eigenvalue weighted by molar-refractivity contribution is 9.09. The van der Waals surface area contributed by atoms with Crippen molar-refractivity contribution in [1.82, 2.24) is 9.55 Å². The van der Waals surface area contributed by atoms with E-state index in [9.17, 15) is 0 Å². The fraction of sp³-hybridized carbons (Fsp3) is 0.421. The average Bonchev–Trinajstić information content (AvgIpc) is 2.89. The van der Waals surface area contributed by atoms with Crippen LogP contribution in [0.1, 0.15) is 31.4 Å². The van der Waals surface area contributed by atoms with Gasteiger partial charge in [-0.2, -0.15) is 0 Å². The lowest BCUT2D eigenvalue weighted by atomic mass is 10.1. The molecule has 3 rings (SSSR count). The minimum Gasteiger partial charge on any atom is -0.497 e. The van der Waals surface area contributed by atoms with Crippen LogP contribution >= 0.6 is 15.9 Å². The van der Waals surface area contributed by atoms with E-state index in [1.807, 2.05) is 12.3 Å².